The zero-order chi connectivity index (χ0) is 9.84. The number of amides is 1. The fourth-order valence-electron chi connectivity index (χ4n) is 1.06. The summed E-state index contributed by atoms with van der Waals surface area (Å²) in [6.07, 6.45) is 0.677. The highest BCUT2D eigenvalue weighted by atomic mass is 79.9. The van der Waals surface area contributed by atoms with Crippen molar-refractivity contribution >= 4 is 33.7 Å². The summed E-state index contributed by atoms with van der Waals surface area (Å²) in [6.45, 7) is 0. The van der Waals surface area contributed by atoms with Crippen LogP contribution in [0, 0.1) is 0 Å². The van der Waals surface area contributed by atoms with Crippen molar-refractivity contribution in [2.45, 2.75) is 0 Å². The molecule has 1 amide bonds. The number of hydrogen-bond donors (Lipinski definition) is 1. The smallest absolute Gasteiger partial charge is 0.211 e. The van der Waals surface area contributed by atoms with Gasteiger partial charge < -0.3 is 10.2 Å². The van der Waals surface area contributed by atoms with Crippen molar-refractivity contribution in [3.8, 4) is 0 Å². The third-order valence-electron chi connectivity index (χ3n) is 1.66. The average Bonchev–Trinajstić information content (AvgIpc) is 2.08. The van der Waals surface area contributed by atoms with Gasteiger partial charge in [-0.3, -0.25) is 4.79 Å². The van der Waals surface area contributed by atoms with Crippen LogP contribution in [-0.2, 0) is 4.79 Å². The lowest BCUT2D eigenvalue weighted by Gasteiger charge is -2.16. The lowest BCUT2D eigenvalue weighted by molar-refractivity contribution is -0.105. The van der Waals surface area contributed by atoms with Crippen LogP contribution in [0.4, 0.5) is 11.4 Å². The minimum absolute atomic E-state index is 0.677. The highest BCUT2D eigenvalue weighted by Crippen LogP contribution is 2.27. The number of nitrogens with zero attached hydrogens (tertiary/aromatic N) is 1. The molecule has 0 aliphatic rings. The van der Waals surface area contributed by atoms with Gasteiger partial charge in [0.15, 0.2) is 0 Å². The molecule has 0 radical (unpaired) electrons. The van der Waals surface area contributed by atoms with Gasteiger partial charge in [-0.05, 0) is 18.2 Å². The topological polar surface area (TPSA) is 32.3 Å². The van der Waals surface area contributed by atoms with Crippen molar-refractivity contribution < 1.29 is 4.79 Å². The molecule has 0 aliphatic carbocycles. The molecule has 0 aliphatic heterocycles. The van der Waals surface area contributed by atoms with Crippen molar-refractivity contribution in [3.05, 3.63) is 22.7 Å². The molecule has 1 rings (SSSR count). The lowest BCUT2D eigenvalue weighted by Crippen LogP contribution is -2.11. The Hall–Kier alpha value is -1.03. The number of hydrogen-bond acceptors (Lipinski definition) is 2. The summed E-state index contributed by atoms with van der Waals surface area (Å²) < 4.78 is 0.993. The largest absolute Gasteiger partial charge is 0.376 e. The van der Waals surface area contributed by atoms with E-state index in [1.54, 1.807) is 0 Å². The molecule has 13 heavy (non-hydrogen) atoms. The first-order chi connectivity index (χ1) is 6.15. The van der Waals surface area contributed by atoms with E-state index in [4.69, 9.17) is 0 Å². The molecule has 0 saturated heterocycles. The van der Waals surface area contributed by atoms with Crippen LogP contribution in [0.3, 0.4) is 0 Å². The number of carbonyl (C=O) groups is 1. The predicted octanol–water partition coefficient (Wildman–Crippen LogP) is 2.08. The Morgan fingerprint density at radius 2 is 2.15 bits per heavy atom. The van der Waals surface area contributed by atoms with Gasteiger partial charge in [0.25, 0.3) is 0 Å². The van der Waals surface area contributed by atoms with E-state index in [0.29, 0.717) is 6.41 Å². The second kappa shape index (κ2) is 4.28. The first kappa shape index (κ1) is 10.1. The Morgan fingerprint density at radius 3 is 2.69 bits per heavy atom. The van der Waals surface area contributed by atoms with Crippen LogP contribution >= 0.6 is 15.9 Å². The van der Waals surface area contributed by atoms with Crippen molar-refractivity contribution in [3.63, 3.8) is 0 Å². The Kier molecular flexibility index (Phi) is 3.31. The van der Waals surface area contributed by atoms with Gasteiger partial charge in [-0.2, -0.15) is 0 Å². The van der Waals surface area contributed by atoms with Crippen LogP contribution in [-0.4, -0.2) is 20.5 Å². The van der Waals surface area contributed by atoms with E-state index in [2.05, 4.69) is 21.2 Å². The summed E-state index contributed by atoms with van der Waals surface area (Å²) in [7, 11) is 3.86. The molecule has 0 spiro atoms. The zero-order valence-corrected chi connectivity index (χ0v) is 9.13. The third kappa shape index (κ3) is 2.45. The fourth-order valence-corrected chi connectivity index (χ4v) is 1.41. The van der Waals surface area contributed by atoms with Gasteiger partial charge in [0, 0.05) is 18.6 Å². The van der Waals surface area contributed by atoms with Gasteiger partial charge in [-0.15, -0.1) is 0 Å². The van der Waals surface area contributed by atoms with E-state index >= 15 is 0 Å². The predicted molar refractivity (Wildman–Crippen MR) is 58.2 cm³/mol. The van der Waals surface area contributed by atoms with Gasteiger partial charge in [0.1, 0.15) is 0 Å². The lowest BCUT2D eigenvalue weighted by atomic mass is 10.2. The summed E-state index contributed by atoms with van der Waals surface area (Å²) in [5, 5.41) is 2.64. The van der Waals surface area contributed by atoms with Gasteiger partial charge in [-0.1, -0.05) is 15.9 Å². The molecule has 4 heteroatoms. The molecule has 1 N–H and O–H groups in total. The van der Waals surface area contributed by atoms with E-state index < -0.39 is 0 Å². The summed E-state index contributed by atoms with van der Waals surface area (Å²) in [6, 6.07) is 5.69. The molecule has 70 valence electrons. The maximum atomic E-state index is 10.3. The number of halogens is 1. The molecule has 1 aromatic rings. The maximum Gasteiger partial charge on any atom is 0.211 e. The molecule has 3 nitrogen and oxygen atoms in total. The Morgan fingerprint density at radius 1 is 1.46 bits per heavy atom. The highest BCUT2D eigenvalue weighted by molar-refractivity contribution is 9.10. The van der Waals surface area contributed by atoms with E-state index in [9.17, 15) is 4.79 Å². The van der Waals surface area contributed by atoms with Crippen LogP contribution in [0.1, 0.15) is 0 Å². The number of anilines is 2. The van der Waals surface area contributed by atoms with Gasteiger partial charge >= 0.3 is 0 Å². The highest BCUT2D eigenvalue weighted by Gasteiger charge is 2.03. The zero-order valence-electron chi connectivity index (χ0n) is 7.54. The Labute approximate surface area is 85.9 Å². The van der Waals surface area contributed by atoms with Gasteiger partial charge in [-0.25, -0.2) is 0 Å². The minimum Gasteiger partial charge on any atom is -0.376 e. The van der Waals surface area contributed by atoms with Crippen molar-refractivity contribution in [1.29, 1.82) is 0 Å². The maximum absolute atomic E-state index is 10.3. The van der Waals surface area contributed by atoms with E-state index in [0.717, 1.165) is 15.8 Å². The summed E-state index contributed by atoms with van der Waals surface area (Å²) in [4.78, 5) is 12.2. The van der Waals surface area contributed by atoms with Crippen LogP contribution < -0.4 is 10.2 Å². The Balaban J connectivity index is 3.10. The quantitative estimate of drug-likeness (QED) is 0.824. The molecule has 0 saturated carbocycles. The van der Waals surface area contributed by atoms with E-state index in [1.165, 1.54) is 0 Å². The van der Waals surface area contributed by atoms with E-state index in [-0.39, 0.29) is 0 Å². The van der Waals surface area contributed by atoms with Crippen molar-refractivity contribution in [2.24, 2.45) is 0 Å². The van der Waals surface area contributed by atoms with Crippen LogP contribution in [0.25, 0.3) is 0 Å². The summed E-state index contributed by atoms with van der Waals surface area (Å²) >= 11 is 3.37. The fraction of sp³-hybridized carbons (Fsp3) is 0.222. The molecule has 1 aromatic carbocycles. The van der Waals surface area contributed by atoms with Gasteiger partial charge in [0.05, 0.1) is 11.4 Å². The molecular formula is C9H11BrN2O. The molecule has 0 fully saturated rings. The standard InChI is InChI=1S/C9H11BrN2O/c1-12(2)9-5-7(10)3-4-8(9)11-6-13/h3-6H,1-2H3,(H,11,13). The Bertz CT molecular complexity index is 312. The van der Waals surface area contributed by atoms with Gasteiger partial charge in [0.2, 0.25) is 6.41 Å². The van der Waals surface area contributed by atoms with Crippen LogP contribution in [0.2, 0.25) is 0 Å². The first-order valence-corrected chi connectivity index (χ1v) is 4.61. The second-order valence-electron chi connectivity index (χ2n) is 2.82. The number of carbonyl (C=O) groups excluding carboxylic acids is 1. The second-order valence-corrected chi connectivity index (χ2v) is 3.73. The molecule has 0 unspecified atom stereocenters. The van der Waals surface area contributed by atoms with Crippen molar-refractivity contribution in [2.75, 3.05) is 24.3 Å². The average molecular weight is 243 g/mol. The normalized spacial score (nSPS) is 9.46. The first-order valence-electron chi connectivity index (χ1n) is 3.82. The van der Waals surface area contributed by atoms with Crippen LogP contribution in [0.15, 0.2) is 22.7 Å². The summed E-state index contributed by atoms with van der Waals surface area (Å²) in [5.74, 6) is 0. The molecule has 0 aromatic heterocycles. The van der Waals surface area contributed by atoms with Crippen molar-refractivity contribution in [1.82, 2.24) is 0 Å². The third-order valence-corrected chi connectivity index (χ3v) is 2.15. The number of rotatable bonds is 3. The van der Waals surface area contributed by atoms with Crippen LogP contribution in [0.5, 0.6) is 0 Å². The monoisotopic (exact) mass is 242 g/mol. The summed E-state index contributed by atoms with van der Waals surface area (Å²) in [5.41, 5.74) is 1.78. The molecule has 0 bridgehead atoms. The SMILES string of the molecule is CN(C)c1cc(Br)ccc1NC=O. The minimum atomic E-state index is 0.677. The molecule has 0 heterocycles. The number of benzene rings is 1. The molecule has 0 atom stereocenters. The van der Waals surface area contributed by atoms with E-state index in [1.807, 2.05) is 37.2 Å². The molecular weight excluding hydrogens is 232 g/mol. The number of nitrogens with one attached hydrogen (secondary N) is 1.